The lowest BCUT2D eigenvalue weighted by atomic mass is 10.1. The zero-order chi connectivity index (χ0) is 24.2. The molecule has 0 spiro atoms. The number of ether oxygens (including phenoxy) is 2. The number of rotatable bonds is 7. The SMILES string of the molecule is COc1cc(/C=C2/NC(=O)N(Cc3ccc(F)cc3)C2=O)cc(I)c1OCc1ccccc1Cl. The first-order valence-corrected chi connectivity index (χ1v) is 11.6. The molecule has 1 fully saturated rings. The lowest BCUT2D eigenvalue weighted by Gasteiger charge is -2.14. The molecule has 0 aliphatic carbocycles. The van der Waals surface area contributed by atoms with Gasteiger partial charge in [-0.25, -0.2) is 9.18 Å². The second-order valence-electron chi connectivity index (χ2n) is 7.42. The molecule has 0 radical (unpaired) electrons. The normalized spacial score (nSPS) is 14.5. The van der Waals surface area contributed by atoms with Gasteiger partial charge in [-0.05, 0) is 70.1 Å². The van der Waals surface area contributed by atoms with Crippen LogP contribution < -0.4 is 14.8 Å². The highest BCUT2D eigenvalue weighted by Gasteiger charge is 2.33. The van der Waals surface area contributed by atoms with Gasteiger partial charge in [0.05, 0.1) is 17.2 Å². The number of urea groups is 1. The molecule has 0 atom stereocenters. The number of benzene rings is 3. The summed E-state index contributed by atoms with van der Waals surface area (Å²) in [7, 11) is 1.53. The molecule has 1 saturated heterocycles. The molecule has 0 aromatic heterocycles. The van der Waals surface area contributed by atoms with Crippen LogP contribution >= 0.6 is 34.2 Å². The van der Waals surface area contributed by atoms with E-state index in [-0.39, 0.29) is 24.7 Å². The lowest BCUT2D eigenvalue weighted by Crippen LogP contribution is -2.30. The van der Waals surface area contributed by atoms with E-state index in [9.17, 15) is 14.0 Å². The number of halogens is 3. The number of carbonyl (C=O) groups excluding carboxylic acids is 2. The largest absolute Gasteiger partial charge is 0.493 e. The molecule has 4 rings (SSSR count). The summed E-state index contributed by atoms with van der Waals surface area (Å²) < 4.78 is 25.4. The fourth-order valence-electron chi connectivity index (χ4n) is 3.38. The van der Waals surface area contributed by atoms with Crippen molar-refractivity contribution in [3.05, 3.63) is 97.5 Å². The van der Waals surface area contributed by atoms with Crippen molar-refractivity contribution in [3.63, 3.8) is 0 Å². The van der Waals surface area contributed by atoms with Crippen molar-refractivity contribution in [2.45, 2.75) is 13.2 Å². The van der Waals surface area contributed by atoms with Crippen molar-refractivity contribution in [2.24, 2.45) is 0 Å². The van der Waals surface area contributed by atoms with Gasteiger partial charge in [-0.3, -0.25) is 9.69 Å². The molecule has 1 aliphatic heterocycles. The molecule has 9 heteroatoms. The number of methoxy groups -OCH3 is 1. The van der Waals surface area contributed by atoms with Crippen molar-refractivity contribution in [1.29, 1.82) is 0 Å². The van der Waals surface area contributed by atoms with Crippen LogP contribution in [-0.4, -0.2) is 23.9 Å². The average Bonchev–Trinajstić information content (AvgIpc) is 3.07. The third-order valence-corrected chi connectivity index (χ3v) is 6.28. The molecule has 3 aromatic rings. The summed E-state index contributed by atoms with van der Waals surface area (Å²) in [4.78, 5) is 26.3. The summed E-state index contributed by atoms with van der Waals surface area (Å²) in [5.74, 6) is 0.169. The molecular weight excluding hydrogens is 574 g/mol. The van der Waals surface area contributed by atoms with Crippen LogP contribution in [0.3, 0.4) is 0 Å². The molecule has 3 aromatic carbocycles. The first kappa shape index (κ1) is 24.0. The monoisotopic (exact) mass is 592 g/mol. The molecule has 34 heavy (non-hydrogen) atoms. The van der Waals surface area contributed by atoms with Gasteiger partial charge >= 0.3 is 6.03 Å². The van der Waals surface area contributed by atoms with E-state index < -0.39 is 11.9 Å². The van der Waals surface area contributed by atoms with E-state index in [0.29, 0.717) is 27.6 Å². The van der Waals surface area contributed by atoms with Crippen molar-refractivity contribution in [1.82, 2.24) is 10.2 Å². The van der Waals surface area contributed by atoms with Crippen LogP contribution in [0.15, 0.2) is 66.4 Å². The number of amides is 3. The maximum absolute atomic E-state index is 13.1. The summed E-state index contributed by atoms with van der Waals surface area (Å²) in [5.41, 5.74) is 2.27. The van der Waals surface area contributed by atoms with E-state index in [2.05, 4.69) is 27.9 Å². The number of hydrogen-bond acceptors (Lipinski definition) is 4. The number of nitrogens with one attached hydrogen (secondary N) is 1. The van der Waals surface area contributed by atoms with Gasteiger partial charge in [0.2, 0.25) is 0 Å². The Labute approximate surface area is 214 Å². The molecule has 1 aliphatic rings. The van der Waals surface area contributed by atoms with Gasteiger partial charge in [0.1, 0.15) is 18.1 Å². The Morgan fingerprint density at radius 2 is 1.85 bits per heavy atom. The van der Waals surface area contributed by atoms with Crippen LogP contribution in [0.2, 0.25) is 5.02 Å². The van der Waals surface area contributed by atoms with Gasteiger partial charge in [0.25, 0.3) is 5.91 Å². The molecule has 0 bridgehead atoms. The molecular formula is C25H19ClFIN2O4. The van der Waals surface area contributed by atoms with Crippen LogP contribution in [0.25, 0.3) is 6.08 Å². The standard InChI is InChI=1S/C25H19ClFIN2O4/c1-33-22-12-16(10-20(28)23(22)34-14-17-4-2-3-5-19(17)26)11-21-24(31)30(25(32)29-21)13-15-6-8-18(27)9-7-15/h2-12H,13-14H2,1H3,(H,29,32)/b21-11+. The van der Waals surface area contributed by atoms with Gasteiger partial charge in [-0.1, -0.05) is 41.9 Å². The predicted molar refractivity (Wildman–Crippen MR) is 135 cm³/mol. The molecule has 1 N–H and O–H groups in total. The molecule has 3 amide bonds. The van der Waals surface area contributed by atoms with Crippen molar-refractivity contribution in [3.8, 4) is 11.5 Å². The van der Waals surface area contributed by atoms with Gasteiger partial charge < -0.3 is 14.8 Å². The van der Waals surface area contributed by atoms with Crippen LogP contribution in [0.4, 0.5) is 9.18 Å². The van der Waals surface area contributed by atoms with E-state index in [0.717, 1.165) is 14.0 Å². The Morgan fingerprint density at radius 3 is 2.56 bits per heavy atom. The van der Waals surface area contributed by atoms with Crippen LogP contribution in [0.5, 0.6) is 11.5 Å². The topological polar surface area (TPSA) is 67.9 Å². The summed E-state index contributed by atoms with van der Waals surface area (Å²) in [6, 6.07) is 16.1. The zero-order valence-electron chi connectivity index (χ0n) is 18.0. The van der Waals surface area contributed by atoms with Crippen LogP contribution in [0, 0.1) is 9.39 Å². The number of carbonyl (C=O) groups is 2. The minimum absolute atomic E-state index is 0.0396. The second kappa shape index (κ2) is 10.4. The number of hydrogen-bond donors (Lipinski definition) is 1. The molecule has 174 valence electrons. The van der Waals surface area contributed by atoms with Crippen molar-refractivity contribution < 1.29 is 23.5 Å². The van der Waals surface area contributed by atoms with E-state index in [4.69, 9.17) is 21.1 Å². The fourth-order valence-corrected chi connectivity index (χ4v) is 4.35. The van der Waals surface area contributed by atoms with Gasteiger partial charge in [0, 0.05) is 10.6 Å². The van der Waals surface area contributed by atoms with Crippen molar-refractivity contribution in [2.75, 3.05) is 7.11 Å². The Bertz CT molecular complexity index is 1280. The highest BCUT2D eigenvalue weighted by atomic mass is 127. The maximum atomic E-state index is 13.1. The van der Waals surface area contributed by atoms with Crippen LogP contribution in [0.1, 0.15) is 16.7 Å². The minimum atomic E-state index is -0.540. The van der Waals surface area contributed by atoms with E-state index in [1.165, 1.54) is 31.4 Å². The predicted octanol–water partition coefficient (Wildman–Crippen LogP) is 5.76. The Kier molecular flexibility index (Phi) is 7.38. The number of imide groups is 1. The molecule has 0 saturated carbocycles. The highest BCUT2D eigenvalue weighted by molar-refractivity contribution is 14.1. The summed E-state index contributed by atoms with van der Waals surface area (Å²) in [5, 5.41) is 3.20. The minimum Gasteiger partial charge on any atom is -0.493 e. The molecule has 0 unspecified atom stereocenters. The lowest BCUT2D eigenvalue weighted by molar-refractivity contribution is -0.123. The Hall–Kier alpha value is -3.11. The summed E-state index contributed by atoms with van der Waals surface area (Å²) in [6.45, 7) is 0.303. The second-order valence-corrected chi connectivity index (χ2v) is 8.99. The third kappa shape index (κ3) is 5.34. The van der Waals surface area contributed by atoms with Gasteiger partial charge in [0.15, 0.2) is 11.5 Å². The quantitative estimate of drug-likeness (QED) is 0.215. The maximum Gasteiger partial charge on any atom is 0.329 e. The number of nitrogens with zero attached hydrogens (tertiary/aromatic N) is 1. The van der Waals surface area contributed by atoms with Crippen molar-refractivity contribution >= 4 is 52.2 Å². The molecule has 1 heterocycles. The molecule has 6 nitrogen and oxygen atoms in total. The zero-order valence-corrected chi connectivity index (χ0v) is 20.9. The Morgan fingerprint density at radius 1 is 1.12 bits per heavy atom. The van der Waals surface area contributed by atoms with E-state index >= 15 is 0 Å². The highest BCUT2D eigenvalue weighted by Crippen LogP contribution is 2.36. The summed E-state index contributed by atoms with van der Waals surface area (Å²) in [6.07, 6.45) is 1.58. The first-order chi connectivity index (χ1) is 16.4. The van der Waals surface area contributed by atoms with Crippen LogP contribution in [-0.2, 0) is 17.9 Å². The smallest absolute Gasteiger partial charge is 0.329 e. The average molecular weight is 593 g/mol. The third-order valence-electron chi connectivity index (χ3n) is 5.11. The van der Waals surface area contributed by atoms with E-state index in [1.54, 1.807) is 18.2 Å². The summed E-state index contributed by atoms with van der Waals surface area (Å²) >= 11 is 8.34. The first-order valence-electron chi connectivity index (χ1n) is 10.2. The Balaban J connectivity index is 1.53. The van der Waals surface area contributed by atoms with Gasteiger partial charge in [-0.2, -0.15) is 0 Å². The fraction of sp³-hybridized carbons (Fsp3) is 0.120. The van der Waals surface area contributed by atoms with E-state index in [1.807, 2.05) is 24.3 Å². The van der Waals surface area contributed by atoms with Gasteiger partial charge in [-0.15, -0.1) is 0 Å².